The molecule has 0 unspecified atom stereocenters. The standard InChI is InChI=1S/C21H23BrFN3O4/c1-28-19-10-16(12-24-25-21(27)13-26-6-8-29-9-7-26)17(22)11-20(19)30-14-15-4-2-3-5-18(15)23/h2-5,10-12H,6-9,13-14H2,1H3,(H,25,27)/b24-12-. The number of hydrogen-bond donors (Lipinski definition) is 1. The van der Waals surface area contributed by atoms with Gasteiger partial charge in [-0.3, -0.25) is 9.69 Å². The van der Waals surface area contributed by atoms with Crippen LogP contribution in [0, 0.1) is 5.82 Å². The third-order valence-corrected chi connectivity index (χ3v) is 5.17. The summed E-state index contributed by atoms with van der Waals surface area (Å²) in [6, 6.07) is 9.87. The molecule has 2 aromatic rings. The minimum atomic E-state index is -0.327. The molecule has 3 rings (SSSR count). The molecule has 0 atom stereocenters. The van der Waals surface area contributed by atoms with Crippen molar-refractivity contribution in [2.75, 3.05) is 40.0 Å². The number of ether oxygens (including phenoxy) is 3. The monoisotopic (exact) mass is 479 g/mol. The summed E-state index contributed by atoms with van der Waals surface area (Å²) >= 11 is 3.46. The Bertz CT molecular complexity index is 904. The Labute approximate surface area is 182 Å². The second-order valence-corrected chi connectivity index (χ2v) is 7.44. The second kappa shape index (κ2) is 11.1. The number of halogens is 2. The van der Waals surface area contributed by atoms with Gasteiger partial charge < -0.3 is 14.2 Å². The average molecular weight is 480 g/mol. The molecule has 7 nitrogen and oxygen atoms in total. The normalized spacial score (nSPS) is 14.6. The summed E-state index contributed by atoms with van der Waals surface area (Å²) in [6.07, 6.45) is 1.52. The molecule has 0 aromatic heterocycles. The number of carbonyl (C=O) groups excluding carboxylic acids is 1. The van der Waals surface area contributed by atoms with Crippen LogP contribution in [0.15, 0.2) is 46.0 Å². The first-order valence-corrected chi connectivity index (χ1v) is 10.2. The number of carbonyl (C=O) groups is 1. The summed E-state index contributed by atoms with van der Waals surface area (Å²) in [6.45, 7) is 3.07. The Morgan fingerprint density at radius 1 is 1.30 bits per heavy atom. The maximum Gasteiger partial charge on any atom is 0.254 e. The SMILES string of the molecule is COc1cc(/C=N\NC(=O)CN2CCOCC2)c(Br)cc1OCc1ccccc1F. The predicted octanol–water partition coefficient (Wildman–Crippen LogP) is 2.96. The molecular formula is C21H23BrFN3O4. The third kappa shape index (κ3) is 6.25. The molecule has 30 heavy (non-hydrogen) atoms. The lowest BCUT2D eigenvalue weighted by Gasteiger charge is -2.25. The van der Waals surface area contributed by atoms with E-state index >= 15 is 0 Å². The minimum absolute atomic E-state index is 0.0699. The van der Waals surface area contributed by atoms with Gasteiger partial charge in [0, 0.05) is 28.7 Å². The van der Waals surface area contributed by atoms with Crippen molar-refractivity contribution in [2.24, 2.45) is 5.10 Å². The summed E-state index contributed by atoms with van der Waals surface area (Å²) in [5.41, 5.74) is 3.66. The van der Waals surface area contributed by atoms with Crippen LogP contribution in [-0.4, -0.2) is 57.0 Å². The topological polar surface area (TPSA) is 72.4 Å². The summed E-state index contributed by atoms with van der Waals surface area (Å²) < 4.78 is 30.9. The number of morpholine rings is 1. The largest absolute Gasteiger partial charge is 0.493 e. The van der Waals surface area contributed by atoms with Gasteiger partial charge in [0.2, 0.25) is 0 Å². The lowest BCUT2D eigenvalue weighted by atomic mass is 10.2. The van der Waals surface area contributed by atoms with Crippen LogP contribution < -0.4 is 14.9 Å². The van der Waals surface area contributed by atoms with E-state index in [0.717, 1.165) is 13.1 Å². The first-order chi connectivity index (χ1) is 14.6. The van der Waals surface area contributed by atoms with E-state index < -0.39 is 0 Å². The molecule has 1 aliphatic rings. The highest BCUT2D eigenvalue weighted by Gasteiger charge is 2.14. The molecule has 0 aliphatic carbocycles. The third-order valence-electron chi connectivity index (χ3n) is 4.49. The predicted molar refractivity (Wildman–Crippen MR) is 114 cm³/mol. The van der Waals surface area contributed by atoms with Crippen molar-refractivity contribution in [3.05, 3.63) is 57.8 Å². The molecule has 160 valence electrons. The Balaban J connectivity index is 1.60. The van der Waals surface area contributed by atoms with Gasteiger partial charge in [-0.2, -0.15) is 5.10 Å². The number of nitrogens with zero attached hydrogens (tertiary/aromatic N) is 2. The molecule has 1 fully saturated rings. The molecule has 0 spiro atoms. The fraction of sp³-hybridized carbons (Fsp3) is 0.333. The number of methoxy groups -OCH3 is 1. The molecule has 1 amide bonds. The Kier molecular flexibility index (Phi) is 8.18. The van der Waals surface area contributed by atoms with Crippen LogP contribution in [0.1, 0.15) is 11.1 Å². The van der Waals surface area contributed by atoms with E-state index in [9.17, 15) is 9.18 Å². The van der Waals surface area contributed by atoms with Crippen LogP contribution in [-0.2, 0) is 16.1 Å². The maximum absolute atomic E-state index is 13.8. The zero-order valence-corrected chi connectivity index (χ0v) is 18.2. The number of hydrazone groups is 1. The van der Waals surface area contributed by atoms with Crippen molar-refractivity contribution in [3.63, 3.8) is 0 Å². The lowest BCUT2D eigenvalue weighted by molar-refractivity contribution is -0.123. The molecule has 1 N–H and O–H groups in total. The van der Waals surface area contributed by atoms with Crippen molar-refractivity contribution in [3.8, 4) is 11.5 Å². The lowest BCUT2D eigenvalue weighted by Crippen LogP contribution is -2.42. The van der Waals surface area contributed by atoms with Crippen molar-refractivity contribution in [2.45, 2.75) is 6.61 Å². The number of benzene rings is 2. The van der Waals surface area contributed by atoms with Gasteiger partial charge in [0.25, 0.3) is 5.91 Å². The van der Waals surface area contributed by atoms with Crippen molar-refractivity contribution >= 4 is 28.1 Å². The quantitative estimate of drug-likeness (QED) is 0.465. The highest BCUT2D eigenvalue weighted by atomic mass is 79.9. The second-order valence-electron chi connectivity index (χ2n) is 6.59. The fourth-order valence-corrected chi connectivity index (χ4v) is 3.29. The van der Waals surface area contributed by atoms with E-state index in [2.05, 4.69) is 26.5 Å². The molecule has 0 radical (unpaired) electrons. The minimum Gasteiger partial charge on any atom is -0.493 e. The van der Waals surface area contributed by atoms with Gasteiger partial charge in [-0.1, -0.05) is 18.2 Å². The smallest absolute Gasteiger partial charge is 0.254 e. The van der Waals surface area contributed by atoms with Crippen LogP contribution in [0.2, 0.25) is 0 Å². The van der Waals surface area contributed by atoms with E-state index in [0.29, 0.717) is 40.3 Å². The first kappa shape index (κ1) is 22.2. The van der Waals surface area contributed by atoms with Crippen molar-refractivity contribution in [1.29, 1.82) is 0 Å². The molecule has 1 saturated heterocycles. The first-order valence-electron chi connectivity index (χ1n) is 9.42. The highest BCUT2D eigenvalue weighted by Crippen LogP contribution is 2.33. The number of rotatable bonds is 8. The van der Waals surface area contributed by atoms with Gasteiger partial charge in [0.05, 0.1) is 33.1 Å². The van der Waals surface area contributed by atoms with E-state index in [1.807, 2.05) is 4.90 Å². The van der Waals surface area contributed by atoms with E-state index in [4.69, 9.17) is 14.2 Å². The van der Waals surface area contributed by atoms with Crippen molar-refractivity contribution in [1.82, 2.24) is 10.3 Å². The number of hydrogen-bond acceptors (Lipinski definition) is 6. The molecule has 0 saturated carbocycles. The van der Waals surface area contributed by atoms with E-state index in [1.165, 1.54) is 19.4 Å². The summed E-state index contributed by atoms with van der Waals surface area (Å²) in [5.74, 6) is 0.407. The van der Waals surface area contributed by atoms with Crippen LogP contribution in [0.25, 0.3) is 0 Å². The molecule has 9 heteroatoms. The van der Waals surface area contributed by atoms with Gasteiger partial charge in [-0.15, -0.1) is 0 Å². The zero-order valence-electron chi connectivity index (χ0n) is 16.6. The van der Waals surface area contributed by atoms with Crippen LogP contribution in [0.5, 0.6) is 11.5 Å². The van der Waals surface area contributed by atoms with Crippen molar-refractivity contribution < 1.29 is 23.4 Å². The molecule has 1 heterocycles. The van der Waals surface area contributed by atoms with Gasteiger partial charge in [-0.05, 0) is 34.1 Å². The fourth-order valence-electron chi connectivity index (χ4n) is 2.86. The summed E-state index contributed by atoms with van der Waals surface area (Å²) in [4.78, 5) is 14.0. The van der Waals surface area contributed by atoms with E-state index in [-0.39, 0.29) is 24.9 Å². The van der Waals surface area contributed by atoms with E-state index in [1.54, 1.807) is 30.3 Å². The summed E-state index contributed by atoms with van der Waals surface area (Å²) in [7, 11) is 1.52. The Morgan fingerprint density at radius 2 is 2.07 bits per heavy atom. The van der Waals surface area contributed by atoms with Gasteiger partial charge in [0.15, 0.2) is 11.5 Å². The van der Waals surface area contributed by atoms with Crippen LogP contribution in [0.3, 0.4) is 0 Å². The van der Waals surface area contributed by atoms with Crippen LogP contribution >= 0.6 is 15.9 Å². The molecular weight excluding hydrogens is 457 g/mol. The Hall–Kier alpha value is -2.49. The number of nitrogens with one attached hydrogen (secondary N) is 1. The highest BCUT2D eigenvalue weighted by molar-refractivity contribution is 9.10. The van der Waals surface area contributed by atoms with Gasteiger partial charge in [0.1, 0.15) is 12.4 Å². The molecule has 2 aromatic carbocycles. The molecule has 1 aliphatic heterocycles. The maximum atomic E-state index is 13.8. The average Bonchev–Trinajstić information content (AvgIpc) is 2.75. The number of amides is 1. The zero-order chi connectivity index (χ0) is 21.3. The van der Waals surface area contributed by atoms with Gasteiger partial charge >= 0.3 is 0 Å². The van der Waals surface area contributed by atoms with Gasteiger partial charge in [-0.25, -0.2) is 9.82 Å². The Morgan fingerprint density at radius 3 is 2.80 bits per heavy atom. The van der Waals surface area contributed by atoms with Crippen LogP contribution in [0.4, 0.5) is 4.39 Å². The summed E-state index contributed by atoms with van der Waals surface area (Å²) in [5, 5.41) is 4.02. The molecule has 0 bridgehead atoms.